The van der Waals surface area contributed by atoms with Gasteiger partial charge in [0.15, 0.2) is 11.6 Å². The fourth-order valence-corrected chi connectivity index (χ4v) is 2.27. The number of methoxy groups -OCH3 is 1. The Bertz CT molecular complexity index is 883. The summed E-state index contributed by atoms with van der Waals surface area (Å²) in [4.78, 5) is 13.3. The molecule has 7 heteroatoms. The van der Waals surface area contributed by atoms with Crippen LogP contribution in [-0.4, -0.2) is 29.5 Å². The fraction of sp³-hybridized carbons (Fsp3) is 0.176. The Balaban J connectivity index is 1.76. The molecular weight excluding hydrogens is 310 g/mol. The quantitative estimate of drug-likeness (QED) is 0.747. The zero-order chi connectivity index (χ0) is 17.1. The van der Waals surface area contributed by atoms with Crippen LogP contribution in [-0.2, 0) is 6.54 Å². The normalized spacial score (nSPS) is 10.6. The first-order valence-corrected chi connectivity index (χ1v) is 7.28. The zero-order valence-electron chi connectivity index (χ0n) is 13.3. The maximum absolute atomic E-state index is 11.4. The Kier molecular flexibility index (Phi) is 4.24. The van der Waals surface area contributed by atoms with Crippen LogP contribution in [0.2, 0.25) is 0 Å². The molecule has 3 rings (SSSR count). The van der Waals surface area contributed by atoms with Gasteiger partial charge in [-0.3, -0.25) is 9.89 Å². The molecule has 0 amide bonds. The summed E-state index contributed by atoms with van der Waals surface area (Å²) < 4.78 is 10.3. The lowest BCUT2D eigenvalue weighted by Crippen LogP contribution is -2.17. The third kappa shape index (κ3) is 3.24. The summed E-state index contributed by atoms with van der Waals surface area (Å²) in [5.74, 6) is 1.53. The lowest BCUT2D eigenvalue weighted by atomic mass is 10.1. The second kappa shape index (κ2) is 6.49. The molecule has 2 N–H and O–H groups in total. The number of hydrogen-bond acceptors (Lipinski definition) is 6. The number of rotatable bonds is 5. The van der Waals surface area contributed by atoms with Gasteiger partial charge in [0.1, 0.15) is 17.8 Å². The Morgan fingerprint density at radius 2 is 2.04 bits per heavy atom. The van der Waals surface area contributed by atoms with Crippen molar-refractivity contribution < 1.29 is 14.3 Å². The van der Waals surface area contributed by atoms with E-state index in [9.17, 15) is 9.90 Å². The van der Waals surface area contributed by atoms with Crippen LogP contribution in [0.25, 0.3) is 11.3 Å². The molecule has 1 aromatic carbocycles. The van der Waals surface area contributed by atoms with Crippen LogP contribution in [0.1, 0.15) is 5.76 Å². The molecule has 7 nitrogen and oxygen atoms in total. The molecule has 0 radical (unpaired) electrons. The maximum atomic E-state index is 11.4. The van der Waals surface area contributed by atoms with Crippen molar-refractivity contribution >= 4 is 5.82 Å². The SMILES string of the molecule is COc1ccc(-c2cc(N(C)Cc3cc(=O)c(O)co3)n[nH]2)cc1. The van der Waals surface area contributed by atoms with Gasteiger partial charge >= 0.3 is 0 Å². The molecule has 0 spiro atoms. The van der Waals surface area contributed by atoms with Gasteiger partial charge in [0, 0.05) is 19.2 Å². The number of benzene rings is 1. The first-order chi connectivity index (χ1) is 11.6. The van der Waals surface area contributed by atoms with Gasteiger partial charge in [-0.2, -0.15) is 5.10 Å². The molecular formula is C17H17N3O4. The first-order valence-electron chi connectivity index (χ1n) is 7.28. The average Bonchev–Trinajstić information content (AvgIpc) is 3.08. The third-order valence-corrected chi connectivity index (χ3v) is 3.62. The van der Waals surface area contributed by atoms with Crippen molar-refractivity contribution in [2.24, 2.45) is 0 Å². The smallest absolute Gasteiger partial charge is 0.226 e. The van der Waals surface area contributed by atoms with E-state index in [0.29, 0.717) is 18.1 Å². The second-order valence-corrected chi connectivity index (χ2v) is 5.32. The van der Waals surface area contributed by atoms with E-state index in [4.69, 9.17) is 9.15 Å². The lowest BCUT2D eigenvalue weighted by Gasteiger charge is -2.14. The van der Waals surface area contributed by atoms with Crippen molar-refractivity contribution in [1.29, 1.82) is 0 Å². The zero-order valence-corrected chi connectivity index (χ0v) is 13.3. The van der Waals surface area contributed by atoms with E-state index >= 15 is 0 Å². The summed E-state index contributed by atoms with van der Waals surface area (Å²) in [6.45, 7) is 0.350. The minimum absolute atomic E-state index is 0.350. The van der Waals surface area contributed by atoms with E-state index < -0.39 is 11.2 Å². The molecule has 0 aliphatic rings. The topological polar surface area (TPSA) is 91.6 Å². The summed E-state index contributed by atoms with van der Waals surface area (Å²) in [5.41, 5.74) is 1.39. The minimum atomic E-state index is -0.467. The lowest BCUT2D eigenvalue weighted by molar-refractivity contribution is 0.412. The van der Waals surface area contributed by atoms with E-state index in [0.717, 1.165) is 23.3 Å². The van der Waals surface area contributed by atoms with Crippen LogP contribution in [0.5, 0.6) is 11.5 Å². The molecule has 0 unspecified atom stereocenters. The van der Waals surface area contributed by atoms with E-state index in [2.05, 4.69) is 10.2 Å². The number of aromatic amines is 1. The summed E-state index contributed by atoms with van der Waals surface area (Å²) in [6.07, 6.45) is 1.04. The van der Waals surface area contributed by atoms with Gasteiger partial charge in [-0.1, -0.05) is 0 Å². The molecule has 0 aliphatic carbocycles. The van der Waals surface area contributed by atoms with E-state index in [1.54, 1.807) is 7.11 Å². The molecule has 2 aromatic heterocycles. The van der Waals surface area contributed by atoms with Gasteiger partial charge < -0.3 is 19.2 Å². The molecule has 24 heavy (non-hydrogen) atoms. The standard InChI is InChI=1S/C17H17N3O4/c1-20(9-13-7-15(21)16(22)10-24-13)17-8-14(18-19-17)11-3-5-12(23-2)6-4-11/h3-8,10,22H,9H2,1-2H3,(H,18,19). The Hall–Kier alpha value is -3.22. The summed E-state index contributed by atoms with van der Waals surface area (Å²) in [6, 6.07) is 10.8. The molecule has 0 bridgehead atoms. The van der Waals surface area contributed by atoms with Crippen LogP contribution in [0.3, 0.4) is 0 Å². The molecule has 0 atom stereocenters. The van der Waals surface area contributed by atoms with Crippen LogP contribution in [0, 0.1) is 0 Å². The van der Waals surface area contributed by atoms with Crippen LogP contribution < -0.4 is 15.1 Å². The van der Waals surface area contributed by atoms with Crippen molar-refractivity contribution in [3.8, 4) is 22.8 Å². The highest BCUT2D eigenvalue weighted by Crippen LogP contribution is 2.24. The fourth-order valence-electron chi connectivity index (χ4n) is 2.27. The van der Waals surface area contributed by atoms with Gasteiger partial charge in [0.2, 0.25) is 5.43 Å². The molecule has 2 heterocycles. The highest BCUT2D eigenvalue weighted by atomic mass is 16.5. The molecule has 0 aliphatic heterocycles. The maximum Gasteiger partial charge on any atom is 0.226 e. The number of ether oxygens (including phenoxy) is 1. The summed E-state index contributed by atoms with van der Waals surface area (Å²) >= 11 is 0. The van der Waals surface area contributed by atoms with Crippen molar-refractivity contribution in [2.45, 2.75) is 6.54 Å². The number of aromatic hydroxyl groups is 1. The predicted octanol–water partition coefficient (Wildman–Crippen LogP) is 2.38. The largest absolute Gasteiger partial charge is 0.502 e. The molecule has 0 saturated heterocycles. The third-order valence-electron chi connectivity index (χ3n) is 3.62. The van der Waals surface area contributed by atoms with Gasteiger partial charge in [0.05, 0.1) is 19.3 Å². The Morgan fingerprint density at radius 1 is 1.29 bits per heavy atom. The van der Waals surface area contributed by atoms with Crippen LogP contribution in [0.4, 0.5) is 5.82 Å². The predicted molar refractivity (Wildman–Crippen MR) is 89.3 cm³/mol. The minimum Gasteiger partial charge on any atom is -0.502 e. The Labute approximate surface area is 138 Å². The number of hydrogen-bond donors (Lipinski definition) is 2. The average molecular weight is 327 g/mol. The van der Waals surface area contributed by atoms with Gasteiger partial charge in [-0.15, -0.1) is 0 Å². The highest BCUT2D eigenvalue weighted by Gasteiger charge is 2.11. The number of anilines is 1. The molecule has 124 valence electrons. The van der Waals surface area contributed by atoms with Crippen molar-refractivity contribution in [3.05, 3.63) is 58.6 Å². The monoisotopic (exact) mass is 327 g/mol. The van der Waals surface area contributed by atoms with E-state index in [1.807, 2.05) is 42.3 Å². The van der Waals surface area contributed by atoms with Gasteiger partial charge in [-0.25, -0.2) is 0 Å². The number of nitrogens with one attached hydrogen (secondary N) is 1. The van der Waals surface area contributed by atoms with Crippen LogP contribution >= 0.6 is 0 Å². The van der Waals surface area contributed by atoms with Gasteiger partial charge in [0.25, 0.3) is 0 Å². The van der Waals surface area contributed by atoms with E-state index in [1.165, 1.54) is 6.07 Å². The van der Waals surface area contributed by atoms with Crippen molar-refractivity contribution in [1.82, 2.24) is 10.2 Å². The molecule has 0 saturated carbocycles. The second-order valence-electron chi connectivity index (χ2n) is 5.32. The van der Waals surface area contributed by atoms with E-state index in [-0.39, 0.29) is 0 Å². The first kappa shape index (κ1) is 15.7. The van der Waals surface area contributed by atoms with Crippen molar-refractivity contribution in [2.75, 3.05) is 19.1 Å². The highest BCUT2D eigenvalue weighted by molar-refractivity contribution is 5.63. The number of H-pyrrole nitrogens is 1. The molecule has 0 fully saturated rings. The van der Waals surface area contributed by atoms with Crippen molar-refractivity contribution in [3.63, 3.8) is 0 Å². The number of nitrogens with zero attached hydrogens (tertiary/aromatic N) is 2. The molecule has 3 aromatic rings. The van der Waals surface area contributed by atoms with Crippen LogP contribution in [0.15, 0.2) is 51.9 Å². The van der Waals surface area contributed by atoms with Gasteiger partial charge in [-0.05, 0) is 29.8 Å². The Morgan fingerprint density at radius 3 is 2.71 bits per heavy atom. The number of aromatic nitrogens is 2. The summed E-state index contributed by atoms with van der Waals surface area (Å²) in [7, 11) is 3.46. The summed E-state index contributed by atoms with van der Waals surface area (Å²) in [5, 5.41) is 16.5.